The Kier molecular flexibility index (Phi) is 6.61. The van der Waals surface area contributed by atoms with Crippen molar-refractivity contribution in [2.45, 2.75) is 39.2 Å². The SMILES string of the molecule is CCCCc1nc(Cl)c(C(=O)O)n1CCc1ccc(-c2ccccc2)c(-c2nn[nH]n2)c1. The third-order valence-corrected chi connectivity index (χ3v) is 5.60. The molecule has 164 valence electrons. The predicted molar refractivity (Wildman–Crippen MR) is 122 cm³/mol. The average molecular weight is 451 g/mol. The molecule has 0 aliphatic carbocycles. The second kappa shape index (κ2) is 9.74. The summed E-state index contributed by atoms with van der Waals surface area (Å²) in [5.74, 6) is 0.136. The number of nitrogens with zero attached hydrogens (tertiary/aromatic N) is 5. The average Bonchev–Trinajstić information content (AvgIpc) is 3.44. The molecule has 8 nitrogen and oxygen atoms in total. The smallest absolute Gasteiger partial charge is 0.355 e. The Morgan fingerprint density at radius 3 is 2.62 bits per heavy atom. The summed E-state index contributed by atoms with van der Waals surface area (Å²) in [4.78, 5) is 16.1. The van der Waals surface area contributed by atoms with Crippen LogP contribution >= 0.6 is 11.6 Å². The molecule has 0 radical (unpaired) electrons. The van der Waals surface area contributed by atoms with Crippen molar-refractivity contribution in [3.8, 4) is 22.5 Å². The molecule has 0 spiro atoms. The number of tetrazole rings is 1. The van der Waals surface area contributed by atoms with Crippen LogP contribution in [-0.2, 0) is 19.4 Å². The standard InChI is InChI=1S/C23H23ClN6O2/c1-2-3-9-19-25-21(24)20(23(31)32)30(19)13-12-15-10-11-17(16-7-5-4-6-8-16)18(14-15)22-26-28-29-27-22/h4-8,10-11,14H,2-3,9,12-13H2,1H3,(H,31,32)(H,26,27,28,29). The first-order chi connectivity index (χ1) is 15.6. The number of unbranched alkanes of at least 4 members (excludes halogenated alkanes) is 1. The summed E-state index contributed by atoms with van der Waals surface area (Å²) in [6.45, 7) is 2.54. The van der Waals surface area contributed by atoms with E-state index in [-0.39, 0.29) is 10.8 Å². The molecule has 0 atom stereocenters. The number of aromatic nitrogens is 6. The quantitative estimate of drug-likeness (QED) is 0.383. The van der Waals surface area contributed by atoms with Crippen molar-refractivity contribution in [2.24, 2.45) is 0 Å². The van der Waals surface area contributed by atoms with Gasteiger partial charge >= 0.3 is 5.97 Å². The van der Waals surface area contributed by atoms with Crippen LogP contribution in [0.3, 0.4) is 0 Å². The number of nitrogens with one attached hydrogen (secondary N) is 1. The number of carboxylic acids is 1. The van der Waals surface area contributed by atoms with Gasteiger partial charge in [-0.2, -0.15) is 5.21 Å². The Hall–Kier alpha value is -3.52. The fourth-order valence-electron chi connectivity index (χ4n) is 3.76. The lowest BCUT2D eigenvalue weighted by atomic mass is 9.96. The van der Waals surface area contributed by atoms with Crippen molar-refractivity contribution in [3.05, 3.63) is 70.8 Å². The molecule has 2 aromatic carbocycles. The number of rotatable bonds is 9. The zero-order chi connectivity index (χ0) is 22.5. The highest BCUT2D eigenvalue weighted by Crippen LogP contribution is 2.31. The second-order valence-electron chi connectivity index (χ2n) is 7.46. The van der Waals surface area contributed by atoms with Gasteiger partial charge in [-0.15, -0.1) is 10.2 Å². The maximum absolute atomic E-state index is 11.8. The van der Waals surface area contributed by atoms with Gasteiger partial charge in [-0.3, -0.25) is 0 Å². The maximum Gasteiger partial charge on any atom is 0.355 e. The number of carbonyl (C=O) groups is 1. The fraction of sp³-hybridized carbons (Fsp3) is 0.261. The molecule has 32 heavy (non-hydrogen) atoms. The van der Waals surface area contributed by atoms with Crippen LogP contribution in [0, 0.1) is 0 Å². The number of benzene rings is 2. The highest BCUT2D eigenvalue weighted by Gasteiger charge is 2.21. The van der Waals surface area contributed by atoms with Crippen molar-refractivity contribution < 1.29 is 9.90 Å². The van der Waals surface area contributed by atoms with Gasteiger partial charge in [-0.05, 0) is 40.8 Å². The van der Waals surface area contributed by atoms with Crippen molar-refractivity contribution in [2.75, 3.05) is 0 Å². The molecule has 0 saturated heterocycles. The Labute approximate surface area is 190 Å². The van der Waals surface area contributed by atoms with Crippen LogP contribution in [0.2, 0.25) is 5.15 Å². The normalized spacial score (nSPS) is 11.1. The second-order valence-corrected chi connectivity index (χ2v) is 7.82. The summed E-state index contributed by atoms with van der Waals surface area (Å²) in [7, 11) is 0. The first kappa shape index (κ1) is 21.7. The number of imidazole rings is 1. The Balaban J connectivity index is 1.66. The Morgan fingerprint density at radius 1 is 1.12 bits per heavy atom. The summed E-state index contributed by atoms with van der Waals surface area (Å²) < 4.78 is 1.72. The van der Waals surface area contributed by atoms with Crippen LogP contribution in [0.5, 0.6) is 0 Å². The maximum atomic E-state index is 11.8. The minimum Gasteiger partial charge on any atom is -0.476 e. The molecule has 2 aromatic heterocycles. The van der Waals surface area contributed by atoms with E-state index in [9.17, 15) is 9.90 Å². The van der Waals surface area contributed by atoms with E-state index in [1.54, 1.807) is 4.57 Å². The van der Waals surface area contributed by atoms with Crippen LogP contribution in [0.15, 0.2) is 48.5 Å². The van der Waals surface area contributed by atoms with Crippen molar-refractivity contribution in [1.29, 1.82) is 0 Å². The van der Waals surface area contributed by atoms with E-state index in [4.69, 9.17) is 11.6 Å². The van der Waals surface area contributed by atoms with Crippen LogP contribution in [0.4, 0.5) is 0 Å². The molecule has 0 bridgehead atoms. The van der Waals surface area contributed by atoms with Gasteiger partial charge in [0.05, 0.1) is 0 Å². The molecule has 0 saturated carbocycles. The highest BCUT2D eigenvalue weighted by molar-refractivity contribution is 6.32. The molecule has 9 heteroatoms. The highest BCUT2D eigenvalue weighted by atomic mass is 35.5. The van der Waals surface area contributed by atoms with Crippen molar-refractivity contribution in [1.82, 2.24) is 30.2 Å². The van der Waals surface area contributed by atoms with Crippen LogP contribution in [-0.4, -0.2) is 41.3 Å². The van der Waals surface area contributed by atoms with Crippen molar-refractivity contribution >= 4 is 17.6 Å². The number of carboxylic acid groups (broad SMARTS) is 1. The number of H-pyrrole nitrogens is 1. The van der Waals surface area contributed by atoms with E-state index in [1.165, 1.54) is 0 Å². The fourth-order valence-corrected chi connectivity index (χ4v) is 4.04. The molecule has 0 fully saturated rings. The summed E-state index contributed by atoms with van der Waals surface area (Å²) in [5.41, 5.74) is 3.96. The number of hydrogen-bond acceptors (Lipinski definition) is 5. The third-order valence-electron chi connectivity index (χ3n) is 5.34. The van der Waals surface area contributed by atoms with E-state index in [0.29, 0.717) is 31.0 Å². The van der Waals surface area contributed by atoms with Crippen LogP contribution in [0.25, 0.3) is 22.5 Å². The molecule has 0 aliphatic rings. The van der Waals surface area contributed by atoms with Gasteiger partial charge in [0.1, 0.15) is 5.82 Å². The van der Waals surface area contributed by atoms with E-state index >= 15 is 0 Å². The number of aryl methyl sites for hydroxylation is 2. The molecule has 4 rings (SSSR count). The van der Waals surface area contributed by atoms with Gasteiger partial charge in [0, 0.05) is 18.5 Å². The summed E-state index contributed by atoms with van der Waals surface area (Å²) in [6, 6.07) is 16.1. The topological polar surface area (TPSA) is 110 Å². The first-order valence-electron chi connectivity index (χ1n) is 10.5. The van der Waals surface area contributed by atoms with Gasteiger partial charge in [0.15, 0.2) is 10.8 Å². The molecule has 0 amide bonds. The molecular formula is C23H23ClN6O2. The Bertz CT molecular complexity index is 1200. The summed E-state index contributed by atoms with van der Waals surface area (Å²) in [6.07, 6.45) is 3.19. The van der Waals surface area contributed by atoms with Crippen LogP contribution in [0.1, 0.15) is 41.6 Å². The molecule has 2 N–H and O–H groups in total. The number of aromatic amines is 1. The monoisotopic (exact) mass is 450 g/mol. The van der Waals surface area contributed by atoms with Gasteiger partial charge in [-0.1, -0.05) is 67.4 Å². The minimum atomic E-state index is -1.07. The molecule has 0 aliphatic heterocycles. The number of halogens is 1. The zero-order valence-corrected chi connectivity index (χ0v) is 18.4. The van der Waals surface area contributed by atoms with E-state index in [1.807, 2.05) is 48.5 Å². The predicted octanol–water partition coefficient (Wildman–Crippen LogP) is 4.67. The molecule has 4 aromatic rings. The summed E-state index contributed by atoms with van der Waals surface area (Å²) in [5, 5.41) is 24.2. The lowest BCUT2D eigenvalue weighted by Crippen LogP contribution is -2.13. The molecule has 2 heterocycles. The van der Waals surface area contributed by atoms with Gasteiger partial charge in [0.25, 0.3) is 0 Å². The lowest BCUT2D eigenvalue weighted by molar-refractivity contribution is 0.0684. The molecule has 0 unspecified atom stereocenters. The summed E-state index contributed by atoms with van der Waals surface area (Å²) >= 11 is 6.15. The number of aromatic carboxylic acids is 1. The number of hydrogen-bond donors (Lipinski definition) is 2. The zero-order valence-electron chi connectivity index (χ0n) is 17.6. The van der Waals surface area contributed by atoms with Gasteiger partial charge in [-0.25, -0.2) is 9.78 Å². The van der Waals surface area contributed by atoms with Crippen molar-refractivity contribution in [3.63, 3.8) is 0 Å². The van der Waals surface area contributed by atoms with Gasteiger partial charge < -0.3 is 9.67 Å². The third kappa shape index (κ3) is 4.55. The van der Waals surface area contributed by atoms with E-state index in [2.05, 4.69) is 32.5 Å². The van der Waals surface area contributed by atoms with E-state index in [0.717, 1.165) is 35.1 Å². The molecular weight excluding hydrogens is 428 g/mol. The van der Waals surface area contributed by atoms with Crippen LogP contribution < -0.4 is 0 Å². The first-order valence-corrected chi connectivity index (χ1v) is 10.9. The Morgan fingerprint density at radius 2 is 1.94 bits per heavy atom. The van der Waals surface area contributed by atoms with Gasteiger partial charge in [0.2, 0.25) is 5.82 Å². The lowest BCUT2D eigenvalue weighted by Gasteiger charge is -2.12. The largest absolute Gasteiger partial charge is 0.476 e. The minimum absolute atomic E-state index is 0.0375. The van der Waals surface area contributed by atoms with E-state index < -0.39 is 5.97 Å².